The van der Waals surface area contributed by atoms with Gasteiger partial charge in [-0.3, -0.25) is 4.79 Å². The van der Waals surface area contributed by atoms with Crippen molar-refractivity contribution < 1.29 is 9.53 Å². The minimum Gasteiger partial charge on any atom is -0.364 e. The van der Waals surface area contributed by atoms with Crippen molar-refractivity contribution in [1.82, 2.24) is 10.2 Å². The van der Waals surface area contributed by atoms with Gasteiger partial charge < -0.3 is 20.7 Å². The molecule has 1 amide bonds. The SMILES string of the molecule is CC1CCN(CCCCNC(=O)[C@@H]2CC[C@H](CN)O2)CC1.Cl.Cl. The molecule has 2 atom stereocenters. The molecular weight excluding hydrogens is 337 g/mol. The van der Waals surface area contributed by atoms with Crippen LogP contribution >= 0.6 is 24.8 Å². The van der Waals surface area contributed by atoms with Crippen molar-refractivity contribution in [2.24, 2.45) is 11.7 Å². The van der Waals surface area contributed by atoms with E-state index in [1.807, 2.05) is 0 Å². The number of likely N-dealkylation sites (tertiary alicyclic amines) is 1. The molecule has 5 nitrogen and oxygen atoms in total. The maximum Gasteiger partial charge on any atom is 0.249 e. The number of rotatable bonds is 7. The van der Waals surface area contributed by atoms with Crippen molar-refractivity contribution in [3.8, 4) is 0 Å². The highest BCUT2D eigenvalue weighted by Gasteiger charge is 2.29. The molecule has 2 aliphatic rings. The maximum absolute atomic E-state index is 11.9. The van der Waals surface area contributed by atoms with Crippen molar-refractivity contribution in [2.75, 3.05) is 32.7 Å². The minimum absolute atomic E-state index is 0. The van der Waals surface area contributed by atoms with Crippen molar-refractivity contribution in [3.63, 3.8) is 0 Å². The monoisotopic (exact) mass is 369 g/mol. The topological polar surface area (TPSA) is 67.6 Å². The van der Waals surface area contributed by atoms with Crippen LogP contribution in [0.5, 0.6) is 0 Å². The van der Waals surface area contributed by atoms with Crippen molar-refractivity contribution in [1.29, 1.82) is 0 Å². The number of ether oxygens (including phenoxy) is 1. The number of carbonyl (C=O) groups is 1. The highest BCUT2D eigenvalue weighted by Crippen LogP contribution is 2.19. The lowest BCUT2D eigenvalue weighted by Gasteiger charge is -2.30. The number of carbonyl (C=O) groups excluding carboxylic acids is 1. The molecule has 0 unspecified atom stereocenters. The molecule has 23 heavy (non-hydrogen) atoms. The molecular formula is C16H33Cl2N3O2. The summed E-state index contributed by atoms with van der Waals surface area (Å²) in [5.41, 5.74) is 5.55. The summed E-state index contributed by atoms with van der Waals surface area (Å²) in [7, 11) is 0. The van der Waals surface area contributed by atoms with Crippen LogP contribution in [-0.4, -0.2) is 55.7 Å². The van der Waals surface area contributed by atoms with E-state index >= 15 is 0 Å². The quantitative estimate of drug-likeness (QED) is 0.673. The van der Waals surface area contributed by atoms with Crippen LogP contribution < -0.4 is 11.1 Å². The van der Waals surface area contributed by atoms with Gasteiger partial charge in [-0.1, -0.05) is 6.92 Å². The Balaban J connectivity index is 0.00000242. The predicted octanol–water partition coefficient (Wildman–Crippen LogP) is 1.96. The number of amides is 1. The first-order valence-corrected chi connectivity index (χ1v) is 8.54. The summed E-state index contributed by atoms with van der Waals surface area (Å²) in [6.07, 6.45) is 6.37. The highest BCUT2D eigenvalue weighted by molar-refractivity contribution is 5.85. The zero-order chi connectivity index (χ0) is 15.1. The molecule has 0 saturated carbocycles. The van der Waals surface area contributed by atoms with E-state index in [9.17, 15) is 4.79 Å². The average Bonchev–Trinajstić information content (AvgIpc) is 2.98. The lowest BCUT2D eigenvalue weighted by Crippen LogP contribution is -2.36. The number of nitrogens with zero attached hydrogens (tertiary/aromatic N) is 1. The van der Waals surface area contributed by atoms with E-state index in [4.69, 9.17) is 10.5 Å². The Morgan fingerprint density at radius 2 is 1.87 bits per heavy atom. The number of nitrogens with two attached hydrogens (primary N) is 1. The number of hydrogen-bond acceptors (Lipinski definition) is 4. The van der Waals surface area contributed by atoms with E-state index in [0.29, 0.717) is 6.54 Å². The van der Waals surface area contributed by atoms with Crippen LogP contribution in [-0.2, 0) is 9.53 Å². The largest absolute Gasteiger partial charge is 0.364 e. The molecule has 2 rings (SSSR count). The number of unbranched alkanes of at least 4 members (excludes halogenated alkanes) is 1. The van der Waals surface area contributed by atoms with Crippen LogP contribution in [0.1, 0.15) is 45.4 Å². The van der Waals surface area contributed by atoms with Gasteiger partial charge in [-0.2, -0.15) is 0 Å². The predicted molar refractivity (Wildman–Crippen MR) is 98.5 cm³/mol. The molecule has 2 aliphatic heterocycles. The molecule has 0 aromatic carbocycles. The molecule has 0 aliphatic carbocycles. The fourth-order valence-corrected chi connectivity index (χ4v) is 3.14. The second-order valence-corrected chi connectivity index (χ2v) is 6.58. The third-order valence-corrected chi connectivity index (χ3v) is 4.74. The zero-order valence-corrected chi connectivity index (χ0v) is 15.8. The van der Waals surface area contributed by atoms with Crippen LogP contribution in [0.15, 0.2) is 0 Å². The summed E-state index contributed by atoms with van der Waals surface area (Å²) in [6, 6.07) is 0. The Bertz CT molecular complexity index is 326. The third-order valence-electron chi connectivity index (χ3n) is 4.74. The first kappa shape index (κ1) is 22.9. The van der Waals surface area contributed by atoms with E-state index < -0.39 is 0 Å². The van der Waals surface area contributed by atoms with Crippen LogP contribution in [0.2, 0.25) is 0 Å². The smallest absolute Gasteiger partial charge is 0.249 e. The fraction of sp³-hybridized carbons (Fsp3) is 0.938. The summed E-state index contributed by atoms with van der Waals surface area (Å²) in [5.74, 6) is 0.932. The molecule has 7 heteroatoms. The Kier molecular flexibility index (Phi) is 12.3. The van der Waals surface area contributed by atoms with Crippen LogP contribution in [0.3, 0.4) is 0 Å². The number of hydrogen-bond donors (Lipinski definition) is 2. The summed E-state index contributed by atoms with van der Waals surface area (Å²) < 4.78 is 5.59. The molecule has 2 fully saturated rings. The zero-order valence-electron chi connectivity index (χ0n) is 14.2. The molecule has 2 saturated heterocycles. The summed E-state index contributed by atoms with van der Waals surface area (Å²) in [5, 5.41) is 2.99. The molecule has 0 spiro atoms. The van der Waals surface area contributed by atoms with Crippen LogP contribution in [0.4, 0.5) is 0 Å². The summed E-state index contributed by atoms with van der Waals surface area (Å²) in [4.78, 5) is 14.5. The third kappa shape index (κ3) is 8.03. The molecule has 0 aromatic rings. The van der Waals surface area contributed by atoms with E-state index in [0.717, 1.165) is 44.7 Å². The second kappa shape index (κ2) is 12.3. The molecule has 138 valence electrons. The number of piperidine rings is 1. The van der Waals surface area contributed by atoms with Crippen LogP contribution in [0, 0.1) is 5.92 Å². The Labute approximate surface area is 152 Å². The van der Waals surface area contributed by atoms with Gasteiger partial charge in [-0.25, -0.2) is 0 Å². The highest BCUT2D eigenvalue weighted by atomic mass is 35.5. The Hall–Kier alpha value is -0.0700. The van der Waals surface area contributed by atoms with E-state index in [1.165, 1.54) is 25.9 Å². The number of nitrogens with one attached hydrogen (secondary N) is 1. The summed E-state index contributed by atoms with van der Waals surface area (Å²) in [6.45, 7) is 7.26. The normalized spacial score (nSPS) is 25.5. The van der Waals surface area contributed by atoms with E-state index in [1.54, 1.807) is 0 Å². The standard InChI is InChI=1S/C16H31N3O2.2ClH/c1-13-6-10-19(11-7-13)9-3-2-8-18-16(20)15-5-4-14(12-17)21-15;;/h13-15H,2-12,17H2,1H3,(H,18,20);2*1H/t14-,15+;;/m1../s1. The van der Waals surface area contributed by atoms with Gasteiger partial charge in [0.05, 0.1) is 6.10 Å². The Morgan fingerprint density at radius 1 is 1.17 bits per heavy atom. The first-order chi connectivity index (χ1) is 10.2. The van der Waals surface area contributed by atoms with E-state index in [2.05, 4.69) is 17.1 Å². The second-order valence-electron chi connectivity index (χ2n) is 6.58. The first-order valence-electron chi connectivity index (χ1n) is 8.54. The molecule has 2 heterocycles. The molecule has 0 bridgehead atoms. The van der Waals surface area contributed by atoms with Gasteiger partial charge in [0.25, 0.3) is 0 Å². The average molecular weight is 370 g/mol. The van der Waals surface area contributed by atoms with Crippen LogP contribution in [0.25, 0.3) is 0 Å². The molecule has 0 aromatic heterocycles. The van der Waals surface area contributed by atoms with Gasteiger partial charge in [-0.05, 0) is 64.1 Å². The van der Waals surface area contributed by atoms with Gasteiger partial charge in [0.15, 0.2) is 0 Å². The Morgan fingerprint density at radius 3 is 2.48 bits per heavy atom. The maximum atomic E-state index is 11.9. The lowest BCUT2D eigenvalue weighted by atomic mass is 9.99. The van der Waals surface area contributed by atoms with Gasteiger partial charge >= 0.3 is 0 Å². The van der Waals surface area contributed by atoms with Crippen molar-refractivity contribution in [2.45, 2.75) is 57.7 Å². The minimum atomic E-state index is -0.276. The summed E-state index contributed by atoms with van der Waals surface area (Å²) >= 11 is 0. The number of halogens is 2. The van der Waals surface area contributed by atoms with Gasteiger partial charge in [-0.15, -0.1) is 24.8 Å². The lowest BCUT2D eigenvalue weighted by molar-refractivity contribution is -0.131. The van der Waals surface area contributed by atoms with Gasteiger partial charge in [0, 0.05) is 13.1 Å². The molecule has 0 radical (unpaired) electrons. The van der Waals surface area contributed by atoms with Gasteiger partial charge in [0.1, 0.15) is 6.10 Å². The molecule has 3 N–H and O–H groups in total. The van der Waals surface area contributed by atoms with Gasteiger partial charge in [0.2, 0.25) is 5.91 Å². The van der Waals surface area contributed by atoms with Crippen molar-refractivity contribution >= 4 is 30.7 Å². The van der Waals surface area contributed by atoms with Crippen molar-refractivity contribution in [3.05, 3.63) is 0 Å². The fourth-order valence-electron chi connectivity index (χ4n) is 3.14. The van der Waals surface area contributed by atoms with E-state index in [-0.39, 0.29) is 42.9 Å².